The van der Waals surface area contributed by atoms with Gasteiger partial charge in [-0.15, -0.1) is 0 Å². The minimum Gasteiger partial charge on any atom is -0.466 e. The number of rotatable bonds is 4. The average molecular weight is 209 g/mol. The number of nitrogens with two attached hydrogens (primary N) is 1. The monoisotopic (exact) mass is 209 g/mol. The van der Waals surface area contributed by atoms with Crippen LogP contribution in [-0.4, -0.2) is 22.5 Å². The zero-order valence-corrected chi connectivity index (χ0v) is 8.93. The maximum atomic E-state index is 11.2. The fourth-order valence-corrected chi connectivity index (χ4v) is 1.11. The highest BCUT2D eigenvalue weighted by Crippen LogP contribution is 2.12. The molecule has 0 bridgehead atoms. The number of carbonyl (C=O) groups excluding carboxylic acids is 1. The highest BCUT2D eigenvalue weighted by Gasteiger charge is 2.12. The predicted octanol–water partition coefficient (Wildman–Crippen LogP) is 0.738. The summed E-state index contributed by atoms with van der Waals surface area (Å²) in [4.78, 5) is 19.2. The second-order valence-corrected chi connectivity index (χ2v) is 3.18. The molecule has 1 aromatic rings. The highest BCUT2D eigenvalue weighted by molar-refractivity contribution is 5.70. The van der Waals surface area contributed by atoms with Crippen LogP contribution >= 0.6 is 0 Å². The molecule has 0 fully saturated rings. The zero-order valence-electron chi connectivity index (χ0n) is 8.93. The first-order valence-corrected chi connectivity index (χ1v) is 4.83. The van der Waals surface area contributed by atoms with E-state index in [0.717, 1.165) is 5.56 Å². The third-order valence-corrected chi connectivity index (χ3v) is 1.92. The zero-order chi connectivity index (χ0) is 11.3. The third kappa shape index (κ3) is 3.63. The van der Waals surface area contributed by atoms with Crippen molar-refractivity contribution in [1.29, 1.82) is 0 Å². The van der Waals surface area contributed by atoms with E-state index in [1.165, 1.54) is 0 Å². The van der Waals surface area contributed by atoms with E-state index in [9.17, 15) is 4.79 Å². The van der Waals surface area contributed by atoms with Crippen molar-refractivity contribution in [2.45, 2.75) is 26.3 Å². The van der Waals surface area contributed by atoms with Gasteiger partial charge < -0.3 is 10.5 Å². The lowest BCUT2D eigenvalue weighted by Crippen LogP contribution is -2.17. The van der Waals surface area contributed by atoms with Gasteiger partial charge in [-0.05, 0) is 13.8 Å². The molecule has 0 aromatic carbocycles. The Balaban J connectivity index is 2.57. The molecule has 5 heteroatoms. The second kappa shape index (κ2) is 5.41. The van der Waals surface area contributed by atoms with E-state index in [1.807, 2.05) is 0 Å². The number of carbonyl (C=O) groups is 1. The quantitative estimate of drug-likeness (QED) is 0.740. The first-order chi connectivity index (χ1) is 7.13. The maximum absolute atomic E-state index is 11.2. The fourth-order valence-electron chi connectivity index (χ4n) is 1.11. The molecule has 0 saturated carbocycles. The molecule has 0 radical (unpaired) electrons. The van der Waals surface area contributed by atoms with E-state index >= 15 is 0 Å². The van der Waals surface area contributed by atoms with Crippen LogP contribution < -0.4 is 5.73 Å². The van der Waals surface area contributed by atoms with Crippen LogP contribution in [0.1, 0.15) is 30.8 Å². The van der Waals surface area contributed by atoms with Gasteiger partial charge in [-0.1, -0.05) is 0 Å². The largest absolute Gasteiger partial charge is 0.466 e. The summed E-state index contributed by atoms with van der Waals surface area (Å²) in [5, 5.41) is 0. The Bertz CT molecular complexity index is 324. The Hall–Kier alpha value is -1.49. The molecule has 0 spiro atoms. The van der Waals surface area contributed by atoms with Crippen molar-refractivity contribution in [3.05, 3.63) is 23.8 Å². The topological polar surface area (TPSA) is 78.1 Å². The number of hydrogen-bond acceptors (Lipinski definition) is 5. The molecular formula is C10H15N3O2. The molecule has 82 valence electrons. The van der Waals surface area contributed by atoms with Crippen LogP contribution in [0.15, 0.2) is 12.4 Å². The Labute approximate surface area is 88.7 Å². The predicted molar refractivity (Wildman–Crippen MR) is 54.9 cm³/mol. The molecule has 0 saturated heterocycles. The summed E-state index contributed by atoms with van der Waals surface area (Å²) in [6.07, 6.45) is 3.42. The summed E-state index contributed by atoms with van der Waals surface area (Å²) in [6, 6.07) is -0.398. The van der Waals surface area contributed by atoms with E-state index in [4.69, 9.17) is 10.5 Å². The van der Waals surface area contributed by atoms with Gasteiger partial charge in [0.1, 0.15) is 5.82 Å². The van der Waals surface area contributed by atoms with Crippen molar-refractivity contribution < 1.29 is 9.53 Å². The van der Waals surface area contributed by atoms with Crippen molar-refractivity contribution in [3.8, 4) is 0 Å². The van der Waals surface area contributed by atoms with Gasteiger partial charge in [-0.2, -0.15) is 0 Å². The molecule has 1 atom stereocenters. The molecule has 15 heavy (non-hydrogen) atoms. The van der Waals surface area contributed by atoms with Gasteiger partial charge in [0.2, 0.25) is 0 Å². The van der Waals surface area contributed by atoms with E-state index in [1.54, 1.807) is 26.2 Å². The first-order valence-electron chi connectivity index (χ1n) is 4.83. The van der Waals surface area contributed by atoms with E-state index in [-0.39, 0.29) is 12.4 Å². The lowest BCUT2D eigenvalue weighted by molar-refractivity contribution is -0.143. The molecule has 0 aliphatic heterocycles. The van der Waals surface area contributed by atoms with Gasteiger partial charge in [0.05, 0.1) is 13.0 Å². The van der Waals surface area contributed by atoms with Gasteiger partial charge >= 0.3 is 5.97 Å². The smallest absolute Gasteiger partial charge is 0.307 e. The molecule has 0 amide bonds. The number of aryl methyl sites for hydroxylation is 1. The Morgan fingerprint density at radius 2 is 2.13 bits per heavy atom. The van der Waals surface area contributed by atoms with E-state index in [2.05, 4.69) is 9.97 Å². The second-order valence-electron chi connectivity index (χ2n) is 3.18. The first kappa shape index (κ1) is 11.6. The SMILES string of the molecule is CCOC(=O)CC(N)c1cnc(C)nc1. The molecule has 1 aromatic heterocycles. The van der Waals surface area contributed by atoms with Crippen LogP contribution in [0, 0.1) is 6.92 Å². The molecule has 5 nitrogen and oxygen atoms in total. The van der Waals surface area contributed by atoms with Gasteiger partial charge in [0, 0.05) is 24.0 Å². The van der Waals surface area contributed by atoms with Crippen molar-refractivity contribution >= 4 is 5.97 Å². The third-order valence-electron chi connectivity index (χ3n) is 1.92. The standard InChI is InChI=1S/C10H15N3O2/c1-3-15-10(14)4-9(11)8-5-12-7(2)13-6-8/h5-6,9H,3-4,11H2,1-2H3. The fraction of sp³-hybridized carbons (Fsp3) is 0.500. The highest BCUT2D eigenvalue weighted by atomic mass is 16.5. The number of hydrogen-bond donors (Lipinski definition) is 1. The van der Waals surface area contributed by atoms with Crippen molar-refractivity contribution in [3.63, 3.8) is 0 Å². The minimum atomic E-state index is -0.398. The van der Waals surface area contributed by atoms with E-state index < -0.39 is 6.04 Å². The van der Waals surface area contributed by atoms with E-state index in [0.29, 0.717) is 12.4 Å². The van der Waals surface area contributed by atoms with Crippen molar-refractivity contribution in [2.24, 2.45) is 5.73 Å². The van der Waals surface area contributed by atoms with Gasteiger partial charge in [0.15, 0.2) is 0 Å². The molecule has 0 aliphatic carbocycles. The molecule has 2 N–H and O–H groups in total. The van der Waals surface area contributed by atoms with Crippen LogP contribution in [-0.2, 0) is 9.53 Å². The number of nitrogens with zero attached hydrogens (tertiary/aromatic N) is 2. The number of aromatic nitrogens is 2. The van der Waals surface area contributed by atoms with Crippen LogP contribution in [0.5, 0.6) is 0 Å². The molecule has 1 heterocycles. The number of ether oxygens (including phenoxy) is 1. The maximum Gasteiger partial charge on any atom is 0.307 e. The lowest BCUT2D eigenvalue weighted by atomic mass is 10.1. The Morgan fingerprint density at radius 3 is 2.67 bits per heavy atom. The molecule has 1 rings (SSSR count). The summed E-state index contributed by atoms with van der Waals surface area (Å²) >= 11 is 0. The van der Waals surface area contributed by atoms with Crippen molar-refractivity contribution in [2.75, 3.05) is 6.61 Å². The van der Waals surface area contributed by atoms with Gasteiger partial charge in [-0.25, -0.2) is 9.97 Å². The molecular weight excluding hydrogens is 194 g/mol. The summed E-state index contributed by atoms with van der Waals surface area (Å²) in [7, 11) is 0. The Kier molecular flexibility index (Phi) is 4.17. The minimum absolute atomic E-state index is 0.153. The Morgan fingerprint density at radius 1 is 1.53 bits per heavy atom. The van der Waals surface area contributed by atoms with Crippen LogP contribution in [0.2, 0.25) is 0 Å². The number of esters is 1. The molecule has 0 aliphatic rings. The van der Waals surface area contributed by atoms with Crippen LogP contribution in [0.3, 0.4) is 0 Å². The normalized spacial score (nSPS) is 12.2. The van der Waals surface area contributed by atoms with Crippen molar-refractivity contribution in [1.82, 2.24) is 9.97 Å². The van der Waals surface area contributed by atoms with Crippen LogP contribution in [0.25, 0.3) is 0 Å². The summed E-state index contributed by atoms with van der Waals surface area (Å²) < 4.78 is 4.80. The lowest BCUT2D eigenvalue weighted by Gasteiger charge is -2.10. The summed E-state index contributed by atoms with van der Waals surface area (Å²) in [6.45, 7) is 3.93. The summed E-state index contributed by atoms with van der Waals surface area (Å²) in [5.41, 5.74) is 6.54. The molecule has 1 unspecified atom stereocenters. The van der Waals surface area contributed by atoms with Gasteiger partial charge in [0.25, 0.3) is 0 Å². The van der Waals surface area contributed by atoms with Gasteiger partial charge in [-0.3, -0.25) is 4.79 Å². The average Bonchev–Trinajstić information content (AvgIpc) is 2.18. The summed E-state index contributed by atoms with van der Waals surface area (Å²) in [5.74, 6) is 0.382. The van der Waals surface area contributed by atoms with Crippen LogP contribution in [0.4, 0.5) is 0 Å².